The number of benzene rings is 1. The molecule has 0 heterocycles. The summed E-state index contributed by atoms with van der Waals surface area (Å²) >= 11 is 0. The van der Waals surface area contributed by atoms with Crippen molar-refractivity contribution in [3.8, 4) is 11.5 Å². The van der Waals surface area contributed by atoms with Crippen molar-refractivity contribution in [2.75, 3.05) is 14.2 Å². The van der Waals surface area contributed by atoms with Crippen LogP contribution >= 0.6 is 0 Å². The Hall–Kier alpha value is -2.34. The van der Waals surface area contributed by atoms with Crippen LogP contribution < -0.4 is 9.47 Å². The van der Waals surface area contributed by atoms with Crippen molar-refractivity contribution in [3.05, 3.63) is 35.9 Å². The maximum atomic E-state index is 14.5. The lowest BCUT2D eigenvalue weighted by molar-refractivity contribution is -0.247. The summed E-state index contributed by atoms with van der Waals surface area (Å²) in [5, 5.41) is 11.1. The molecule has 45 heavy (non-hydrogen) atoms. The summed E-state index contributed by atoms with van der Waals surface area (Å²) in [4.78, 5) is 26.7. The van der Waals surface area contributed by atoms with Crippen LogP contribution in [0.5, 0.6) is 11.5 Å². The molecule has 0 amide bonds. The molecule has 248 valence electrons. The first-order valence-corrected chi connectivity index (χ1v) is 17.4. The highest BCUT2D eigenvalue weighted by molar-refractivity contribution is 5.90. The predicted molar refractivity (Wildman–Crippen MR) is 175 cm³/mol. The van der Waals surface area contributed by atoms with Gasteiger partial charge in [0.1, 0.15) is 0 Å². The number of fused-ring (bicyclic) bond motifs is 7. The fourth-order valence-corrected chi connectivity index (χ4v) is 12.7. The van der Waals surface area contributed by atoms with E-state index in [9.17, 15) is 14.7 Å². The minimum atomic E-state index is -0.568. The van der Waals surface area contributed by atoms with Crippen LogP contribution in [0.25, 0.3) is 0 Å². The summed E-state index contributed by atoms with van der Waals surface area (Å²) in [5.41, 5.74) is 1.40. The summed E-state index contributed by atoms with van der Waals surface area (Å²) in [6.07, 6.45) is 10.1. The minimum Gasteiger partial charge on any atom is -0.493 e. The number of esters is 2. The molecule has 10 atom stereocenters. The third kappa shape index (κ3) is 4.43. The molecule has 5 fully saturated rings. The molecule has 6 heteroatoms. The highest BCUT2D eigenvalue weighted by Gasteiger charge is 2.72. The van der Waals surface area contributed by atoms with Crippen molar-refractivity contribution in [2.45, 2.75) is 112 Å². The molecule has 6 rings (SSSR count). The number of hydrogen-bond acceptors (Lipinski definition) is 6. The van der Waals surface area contributed by atoms with Crippen LogP contribution in [0.2, 0.25) is 0 Å². The number of aliphatic hydroxyl groups is 1. The summed E-state index contributed by atoms with van der Waals surface area (Å²) in [6.45, 7) is 19.0. The van der Waals surface area contributed by atoms with Crippen LogP contribution in [0.4, 0.5) is 0 Å². The van der Waals surface area contributed by atoms with Gasteiger partial charge in [-0.1, -0.05) is 46.8 Å². The lowest BCUT2D eigenvalue weighted by atomic mass is 9.32. The predicted octanol–water partition coefficient (Wildman–Crippen LogP) is 8.41. The smallest absolute Gasteiger partial charge is 0.337 e. The highest BCUT2D eigenvalue weighted by Crippen LogP contribution is 2.77. The second-order valence-electron chi connectivity index (χ2n) is 17.0. The molecule has 0 aliphatic heterocycles. The van der Waals surface area contributed by atoms with Crippen LogP contribution in [0.1, 0.15) is 116 Å². The van der Waals surface area contributed by atoms with Gasteiger partial charge in [-0.15, -0.1) is 0 Å². The zero-order chi connectivity index (χ0) is 32.7. The number of carbonyl (C=O) groups excluding carboxylic acids is 2. The van der Waals surface area contributed by atoms with E-state index in [-0.39, 0.29) is 39.7 Å². The first-order chi connectivity index (χ1) is 21.1. The van der Waals surface area contributed by atoms with E-state index >= 15 is 0 Å². The molecule has 1 aromatic carbocycles. The Morgan fingerprint density at radius 2 is 1.58 bits per heavy atom. The number of allylic oxidation sites excluding steroid dienone is 1. The quantitative estimate of drug-likeness (QED) is 0.202. The highest BCUT2D eigenvalue weighted by atomic mass is 16.6. The molecule has 0 radical (unpaired) electrons. The first-order valence-electron chi connectivity index (χ1n) is 17.4. The number of aliphatic hydroxyl groups excluding tert-OH is 1. The maximum Gasteiger partial charge on any atom is 0.337 e. The third-order valence-electron chi connectivity index (χ3n) is 15.2. The molecule has 1 N–H and O–H groups in total. The molecule has 0 bridgehead atoms. The van der Waals surface area contributed by atoms with E-state index in [4.69, 9.17) is 14.2 Å². The van der Waals surface area contributed by atoms with Crippen molar-refractivity contribution in [2.24, 2.45) is 56.7 Å². The molecular formula is C39H56O6. The van der Waals surface area contributed by atoms with Gasteiger partial charge in [0.25, 0.3) is 0 Å². The van der Waals surface area contributed by atoms with E-state index in [0.29, 0.717) is 40.7 Å². The number of methoxy groups -OCH3 is 2. The molecule has 0 spiro atoms. The number of hydrogen-bond donors (Lipinski definition) is 1. The number of ether oxygens (including phenoxy) is 3. The SMILES string of the molecule is C=C(C)[C@@H]1CC[C@]2(C(=O)Oc3ccc(C(=O)OC)cc3OC)CC[C@]3(C)[C@@H](CC[C@@H]4[C@@]5(C)CC[C@H](O)C(C)(C)[C@@H]5CC[C@]43C)[C@H]12. The van der Waals surface area contributed by atoms with Gasteiger partial charge in [-0.3, -0.25) is 4.79 Å². The van der Waals surface area contributed by atoms with Gasteiger partial charge < -0.3 is 19.3 Å². The Kier molecular flexibility index (Phi) is 7.86. The first kappa shape index (κ1) is 32.6. The van der Waals surface area contributed by atoms with Crippen LogP contribution in [0.3, 0.4) is 0 Å². The molecule has 0 saturated heterocycles. The topological polar surface area (TPSA) is 82.1 Å². The van der Waals surface area contributed by atoms with E-state index < -0.39 is 11.4 Å². The molecule has 1 aromatic rings. The summed E-state index contributed by atoms with van der Waals surface area (Å²) in [7, 11) is 2.87. The van der Waals surface area contributed by atoms with Crippen LogP contribution in [0, 0.1) is 56.7 Å². The van der Waals surface area contributed by atoms with Gasteiger partial charge in [-0.2, -0.15) is 0 Å². The molecular weight excluding hydrogens is 564 g/mol. The van der Waals surface area contributed by atoms with Gasteiger partial charge in [0.15, 0.2) is 11.5 Å². The van der Waals surface area contributed by atoms with E-state index in [0.717, 1.165) is 44.9 Å². The van der Waals surface area contributed by atoms with Gasteiger partial charge in [0.2, 0.25) is 0 Å². The average Bonchev–Trinajstić information content (AvgIpc) is 3.41. The standard InChI is InChI=1S/C39H56O6/c1-23(2)25-14-19-39(34(42)45-27-12-10-24(33(41)44-9)22-28(27)43-8)21-20-37(6)26(32(25)39)11-13-30-36(5)17-16-31(40)35(3,4)29(36)15-18-38(30,37)7/h10,12,22,25-26,29-32,40H,1,11,13-21H2,2-9H3/t25-,26-,29-,30+,31-,32-,36-,37+,38+,39-/m0/s1. The van der Waals surface area contributed by atoms with Gasteiger partial charge in [0.05, 0.1) is 31.3 Å². The maximum absolute atomic E-state index is 14.5. The third-order valence-corrected chi connectivity index (χ3v) is 15.2. The molecule has 0 aromatic heterocycles. The van der Waals surface area contributed by atoms with E-state index in [1.165, 1.54) is 39.1 Å². The van der Waals surface area contributed by atoms with Gasteiger partial charge in [0, 0.05) is 0 Å². The fourth-order valence-electron chi connectivity index (χ4n) is 12.7. The molecule has 5 aliphatic rings. The van der Waals surface area contributed by atoms with Crippen LogP contribution in [-0.2, 0) is 9.53 Å². The van der Waals surface area contributed by atoms with Crippen LogP contribution in [0.15, 0.2) is 30.4 Å². The van der Waals surface area contributed by atoms with Crippen LogP contribution in [-0.4, -0.2) is 37.4 Å². The van der Waals surface area contributed by atoms with Crippen molar-refractivity contribution in [3.63, 3.8) is 0 Å². The largest absolute Gasteiger partial charge is 0.493 e. The minimum absolute atomic E-state index is 0.0653. The monoisotopic (exact) mass is 620 g/mol. The van der Waals surface area contributed by atoms with Crippen molar-refractivity contribution in [1.29, 1.82) is 0 Å². The van der Waals surface area contributed by atoms with Gasteiger partial charge in [-0.05, 0) is 141 Å². The van der Waals surface area contributed by atoms with Crippen molar-refractivity contribution < 1.29 is 28.9 Å². The molecule has 5 aliphatic carbocycles. The lowest BCUT2D eigenvalue weighted by Crippen LogP contribution is -2.67. The zero-order valence-corrected chi connectivity index (χ0v) is 29.0. The Morgan fingerprint density at radius 1 is 0.844 bits per heavy atom. The van der Waals surface area contributed by atoms with Gasteiger partial charge in [-0.25, -0.2) is 4.79 Å². The second-order valence-corrected chi connectivity index (χ2v) is 17.0. The Labute approximate surface area is 270 Å². The molecule has 5 saturated carbocycles. The fraction of sp³-hybridized carbons (Fsp3) is 0.744. The van der Waals surface area contributed by atoms with Crippen molar-refractivity contribution in [1.82, 2.24) is 0 Å². The van der Waals surface area contributed by atoms with Crippen molar-refractivity contribution >= 4 is 11.9 Å². The van der Waals surface area contributed by atoms with E-state index in [1.807, 2.05) is 0 Å². The molecule has 0 unspecified atom stereocenters. The summed E-state index contributed by atoms with van der Waals surface area (Å²) in [5.74, 6) is 2.11. The Bertz CT molecular complexity index is 1380. The molecule has 6 nitrogen and oxygen atoms in total. The zero-order valence-electron chi connectivity index (χ0n) is 29.0. The van der Waals surface area contributed by atoms with E-state index in [2.05, 4.69) is 48.1 Å². The number of rotatable bonds is 5. The second kappa shape index (κ2) is 10.9. The van der Waals surface area contributed by atoms with E-state index in [1.54, 1.807) is 18.2 Å². The lowest BCUT2D eigenvalue weighted by Gasteiger charge is -2.72. The normalized spacial score (nSPS) is 43.1. The summed E-state index contributed by atoms with van der Waals surface area (Å²) in [6, 6.07) is 4.86. The summed E-state index contributed by atoms with van der Waals surface area (Å²) < 4.78 is 16.7. The Morgan fingerprint density at radius 3 is 2.24 bits per heavy atom. The Balaban J connectivity index is 1.35. The van der Waals surface area contributed by atoms with Gasteiger partial charge >= 0.3 is 11.9 Å². The number of carbonyl (C=O) groups is 2. The average molecular weight is 621 g/mol.